The molecule has 9 heteroatoms. The number of nitrogens with zero attached hydrogens (tertiary/aromatic N) is 1. The van der Waals surface area contributed by atoms with Crippen molar-refractivity contribution in [3.8, 4) is 0 Å². The number of sulfonamides is 1. The summed E-state index contributed by atoms with van der Waals surface area (Å²) in [5.41, 5.74) is 2.28. The van der Waals surface area contributed by atoms with Crippen LogP contribution in [0.2, 0.25) is 0 Å². The van der Waals surface area contributed by atoms with E-state index in [-0.39, 0.29) is 10.5 Å². The minimum absolute atomic E-state index is 0.0182. The molecule has 156 valence electrons. The van der Waals surface area contributed by atoms with Crippen LogP contribution in [-0.4, -0.2) is 43.8 Å². The molecule has 0 saturated carbocycles. The lowest BCUT2D eigenvalue weighted by molar-refractivity contribution is 0.102. The maximum atomic E-state index is 12.8. The van der Waals surface area contributed by atoms with Gasteiger partial charge in [-0.1, -0.05) is 13.8 Å². The third-order valence-electron chi connectivity index (χ3n) is 5.18. The zero-order valence-corrected chi connectivity index (χ0v) is 17.6. The van der Waals surface area contributed by atoms with E-state index in [2.05, 4.69) is 15.6 Å². The van der Waals surface area contributed by atoms with Crippen LogP contribution < -0.4 is 16.2 Å². The molecule has 0 spiro atoms. The Hall–Kier alpha value is -2.65. The molecule has 1 heterocycles. The van der Waals surface area contributed by atoms with Gasteiger partial charge in [-0.25, -0.2) is 8.42 Å². The second kappa shape index (κ2) is 8.38. The number of benzene rings is 1. The summed E-state index contributed by atoms with van der Waals surface area (Å²) in [5, 5.41) is 5.63. The Labute approximate surface area is 170 Å². The lowest BCUT2D eigenvalue weighted by Gasteiger charge is -2.20. The van der Waals surface area contributed by atoms with Gasteiger partial charge in [0, 0.05) is 25.8 Å². The summed E-state index contributed by atoms with van der Waals surface area (Å²) in [6, 6.07) is 6.14. The number of fused-ring (bicyclic) bond motifs is 1. The summed E-state index contributed by atoms with van der Waals surface area (Å²) in [7, 11) is -2.01. The second-order valence-corrected chi connectivity index (χ2v) is 8.81. The van der Waals surface area contributed by atoms with Crippen LogP contribution >= 0.6 is 0 Å². The first kappa shape index (κ1) is 21.1. The summed E-state index contributed by atoms with van der Waals surface area (Å²) in [4.78, 5) is 28.0. The molecule has 1 aliphatic rings. The molecule has 1 amide bonds. The van der Waals surface area contributed by atoms with E-state index in [1.807, 2.05) is 0 Å². The van der Waals surface area contributed by atoms with Gasteiger partial charge in [0.2, 0.25) is 10.0 Å². The van der Waals surface area contributed by atoms with E-state index in [0.717, 1.165) is 30.5 Å². The SMILES string of the molecule is CCN(CC)S(=O)(=O)c1ccc(NC)c(NC(=O)c2cc3c([nH]c2=O)CCC3)c1. The van der Waals surface area contributed by atoms with Crippen molar-refractivity contribution in [2.75, 3.05) is 30.8 Å². The number of anilines is 2. The lowest BCUT2D eigenvalue weighted by Crippen LogP contribution is -2.30. The van der Waals surface area contributed by atoms with Gasteiger partial charge in [0.1, 0.15) is 5.56 Å². The number of pyridine rings is 1. The molecule has 0 radical (unpaired) electrons. The largest absolute Gasteiger partial charge is 0.386 e. The highest BCUT2D eigenvalue weighted by atomic mass is 32.2. The van der Waals surface area contributed by atoms with Crippen molar-refractivity contribution in [2.24, 2.45) is 0 Å². The molecule has 1 aromatic carbocycles. The predicted molar refractivity (Wildman–Crippen MR) is 113 cm³/mol. The van der Waals surface area contributed by atoms with Crippen molar-refractivity contribution >= 4 is 27.3 Å². The van der Waals surface area contributed by atoms with Gasteiger partial charge in [-0.3, -0.25) is 9.59 Å². The number of hydrogen-bond donors (Lipinski definition) is 3. The standard InChI is InChI=1S/C20H26N4O4S/c1-4-24(5-2)29(27,28)14-9-10-17(21-3)18(12-14)23-20(26)15-11-13-7-6-8-16(13)22-19(15)25/h9-12,21H,4-8H2,1-3H3,(H,22,25)(H,23,26). The molecule has 0 aliphatic heterocycles. The highest BCUT2D eigenvalue weighted by Crippen LogP contribution is 2.27. The number of rotatable bonds is 7. The van der Waals surface area contributed by atoms with Gasteiger partial charge in [-0.2, -0.15) is 4.31 Å². The molecule has 1 aliphatic carbocycles. The van der Waals surface area contributed by atoms with E-state index < -0.39 is 21.5 Å². The first-order valence-electron chi connectivity index (χ1n) is 9.70. The molecule has 2 aromatic rings. The minimum atomic E-state index is -3.68. The number of aromatic nitrogens is 1. The molecular formula is C20H26N4O4S. The molecule has 3 rings (SSSR count). The van der Waals surface area contributed by atoms with Crippen molar-refractivity contribution in [1.29, 1.82) is 0 Å². The number of amides is 1. The lowest BCUT2D eigenvalue weighted by atomic mass is 10.1. The Kier molecular flexibility index (Phi) is 6.09. The van der Waals surface area contributed by atoms with Crippen LogP contribution in [0.1, 0.15) is 41.9 Å². The van der Waals surface area contributed by atoms with Crippen LogP contribution in [0.15, 0.2) is 34.0 Å². The van der Waals surface area contributed by atoms with E-state index >= 15 is 0 Å². The fraction of sp³-hybridized carbons (Fsp3) is 0.400. The number of aromatic amines is 1. The van der Waals surface area contributed by atoms with E-state index in [0.29, 0.717) is 24.5 Å². The number of carbonyl (C=O) groups excluding carboxylic acids is 1. The molecule has 0 saturated heterocycles. The zero-order valence-electron chi connectivity index (χ0n) is 16.8. The third-order valence-corrected chi connectivity index (χ3v) is 7.23. The van der Waals surface area contributed by atoms with Crippen molar-refractivity contribution in [1.82, 2.24) is 9.29 Å². The summed E-state index contributed by atoms with van der Waals surface area (Å²) in [6.07, 6.45) is 2.58. The van der Waals surface area contributed by atoms with Crippen molar-refractivity contribution in [2.45, 2.75) is 38.0 Å². The number of H-pyrrole nitrogens is 1. The van der Waals surface area contributed by atoms with Gasteiger partial charge in [0.15, 0.2) is 0 Å². The van der Waals surface area contributed by atoms with Crippen molar-refractivity contribution in [3.05, 3.63) is 51.4 Å². The van der Waals surface area contributed by atoms with Crippen LogP contribution in [-0.2, 0) is 22.9 Å². The first-order valence-corrected chi connectivity index (χ1v) is 11.1. The van der Waals surface area contributed by atoms with Gasteiger partial charge < -0.3 is 15.6 Å². The highest BCUT2D eigenvalue weighted by Gasteiger charge is 2.24. The minimum Gasteiger partial charge on any atom is -0.386 e. The Morgan fingerprint density at radius 2 is 1.86 bits per heavy atom. The molecule has 0 unspecified atom stereocenters. The normalized spacial score (nSPS) is 13.4. The predicted octanol–water partition coefficient (Wildman–Crippen LogP) is 2.19. The number of aryl methyl sites for hydroxylation is 2. The molecule has 0 fully saturated rings. The fourth-order valence-electron chi connectivity index (χ4n) is 3.59. The molecule has 1 aromatic heterocycles. The van der Waals surface area contributed by atoms with Gasteiger partial charge >= 0.3 is 0 Å². The summed E-state index contributed by atoms with van der Waals surface area (Å²) in [5.74, 6) is -0.574. The zero-order chi connectivity index (χ0) is 21.2. The fourth-order valence-corrected chi connectivity index (χ4v) is 5.07. The molecule has 29 heavy (non-hydrogen) atoms. The van der Waals surface area contributed by atoms with Gasteiger partial charge in [0.05, 0.1) is 16.3 Å². The molecule has 0 bridgehead atoms. The quantitative estimate of drug-likeness (QED) is 0.638. The average Bonchev–Trinajstić information content (AvgIpc) is 3.15. The van der Waals surface area contributed by atoms with Gasteiger partial charge in [0.25, 0.3) is 11.5 Å². The first-order chi connectivity index (χ1) is 13.8. The Morgan fingerprint density at radius 1 is 1.14 bits per heavy atom. The maximum Gasteiger partial charge on any atom is 0.261 e. The van der Waals surface area contributed by atoms with Gasteiger partial charge in [-0.15, -0.1) is 0 Å². The van der Waals surface area contributed by atoms with Crippen molar-refractivity contribution < 1.29 is 13.2 Å². The van der Waals surface area contributed by atoms with Gasteiger partial charge in [-0.05, 0) is 49.1 Å². The summed E-state index contributed by atoms with van der Waals surface area (Å²) in [6.45, 7) is 4.23. The molecule has 3 N–H and O–H groups in total. The number of hydrogen-bond acceptors (Lipinski definition) is 5. The van der Waals surface area contributed by atoms with E-state index in [1.165, 1.54) is 16.4 Å². The topological polar surface area (TPSA) is 111 Å². The van der Waals surface area contributed by atoms with Crippen LogP contribution in [0, 0.1) is 0 Å². The Balaban J connectivity index is 1.96. The van der Waals surface area contributed by atoms with Crippen LogP contribution in [0.25, 0.3) is 0 Å². The summed E-state index contributed by atoms with van der Waals surface area (Å²) < 4.78 is 27.0. The highest BCUT2D eigenvalue weighted by molar-refractivity contribution is 7.89. The van der Waals surface area contributed by atoms with Crippen molar-refractivity contribution in [3.63, 3.8) is 0 Å². The average molecular weight is 419 g/mol. The Bertz CT molecular complexity index is 1090. The van der Waals surface area contributed by atoms with E-state index in [1.54, 1.807) is 33.0 Å². The second-order valence-electron chi connectivity index (χ2n) is 6.87. The molecule has 8 nitrogen and oxygen atoms in total. The number of carbonyl (C=O) groups is 1. The van der Waals surface area contributed by atoms with Crippen LogP contribution in [0.3, 0.4) is 0 Å². The third kappa shape index (κ3) is 4.06. The smallest absolute Gasteiger partial charge is 0.261 e. The van der Waals surface area contributed by atoms with Crippen LogP contribution in [0.5, 0.6) is 0 Å². The molecule has 0 atom stereocenters. The van der Waals surface area contributed by atoms with Crippen LogP contribution in [0.4, 0.5) is 11.4 Å². The Morgan fingerprint density at radius 3 is 2.52 bits per heavy atom. The molecular weight excluding hydrogens is 392 g/mol. The van der Waals surface area contributed by atoms with E-state index in [4.69, 9.17) is 0 Å². The van der Waals surface area contributed by atoms with E-state index in [9.17, 15) is 18.0 Å². The summed E-state index contributed by atoms with van der Waals surface area (Å²) >= 11 is 0. The number of nitrogens with one attached hydrogen (secondary N) is 3. The maximum absolute atomic E-state index is 12.8. The monoisotopic (exact) mass is 418 g/mol.